The van der Waals surface area contributed by atoms with Crippen LogP contribution < -0.4 is 19.9 Å². The molecule has 3 aliphatic rings. The van der Waals surface area contributed by atoms with Crippen molar-refractivity contribution in [2.45, 2.75) is 104 Å². The average molecular weight is 627 g/mol. The van der Waals surface area contributed by atoms with E-state index < -0.39 is 11.7 Å². The molecule has 0 aliphatic carbocycles. The molecule has 3 saturated heterocycles. The normalized spacial score (nSPS) is 22.2. The van der Waals surface area contributed by atoms with Crippen molar-refractivity contribution in [3.8, 4) is 5.88 Å². The third-order valence-electron chi connectivity index (χ3n) is 9.09. The third kappa shape index (κ3) is 8.55. The van der Waals surface area contributed by atoms with Gasteiger partial charge < -0.3 is 34.0 Å². The molecule has 0 bridgehead atoms. The highest BCUT2D eigenvalue weighted by Gasteiger charge is 2.41. The Kier molecular flexibility index (Phi) is 10.3. The SMILES string of the molecule is CC(C)c1noc(N2CCC([C@H](C)CCOc3ccc(N4C[C@H](NC(=O)OC(C)(C)C)[C@H](N5CCCCC5=O)C4)nn3)CC2)n1. The number of likely N-dealkylation sites (tertiary alicyclic amines) is 1. The molecule has 0 radical (unpaired) electrons. The van der Waals surface area contributed by atoms with Gasteiger partial charge in [0.15, 0.2) is 11.6 Å². The molecular formula is C32H50N8O5. The minimum absolute atomic E-state index is 0.130. The first-order valence-electron chi connectivity index (χ1n) is 16.6. The van der Waals surface area contributed by atoms with Gasteiger partial charge in [0.2, 0.25) is 11.8 Å². The third-order valence-corrected chi connectivity index (χ3v) is 9.09. The second-order valence-electron chi connectivity index (χ2n) is 14.0. The van der Waals surface area contributed by atoms with Gasteiger partial charge in [-0.25, -0.2) is 4.79 Å². The van der Waals surface area contributed by atoms with Crippen LogP contribution in [0.4, 0.5) is 16.6 Å². The van der Waals surface area contributed by atoms with Gasteiger partial charge >= 0.3 is 12.1 Å². The highest BCUT2D eigenvalue weighted by Crippen LogP contribution is 2.30. The summed E-state index contributed by atoms with van der Waals surface area (Å²) in [4.78, 5) is 36.1. The summed E-state index contributed by atoms with van der Waals surface area (Å²) < 4.78 is 17.0. The van der Waals surface area contributed by atoms with Gasteiger partial charge in [0.25, 0.3) is 0 Å². The Morgan fingerprint density at radius 3 is 2.49 bits per heavy atom. The van der Waals surface area contributed by atoms with Gasteiger partial charge in [0.1, 0.15) is 5.60 Å². The van der Waals surface area contributed by atoms with Crippen LogP contribution in [0.15, 0.2) is 16.7 Å². The second-order valence-corrected chi connectivity index (χ2v) is 14.0. The van der Waals surface area contributed by atoms with Gasteiger partial charge in [-0.05, 0) is 70.8 Å². The van der Waals surface area contributed by atoms with Gasteiger partial charge in [-0.3, -0.25) is 4.79 Å². The van der Waals surface area contributed by atoms with Crippen LogP contribution in [0.25, 0.3) is 0 Å². The Morgan fingerprint density at radius 1 is 1.07 bits per heavy atom. The fraction of sp³-hybridized carbons (Fsp3) is 0.750. The number of anilines is 2. The zero-order chi connectivity index (χ0) is 32.1. The maximum Gasteiger partial charge on any atom is 0.408 e. The van der Waals surface area contributed by atoms with Crippen LogP contribution in [-0.2, 0) is 9.53 Å². The number of ether oxygens (including phenoxy) is 2. The molecule has 45 heavy (non-hydrogen) atoms. The van der Waals surface area contributed by atoms with Crippen LogP contribution >= 0.6 is 0 Å². The summed E-state index contributed by atoms with van der Waals surface area (Å²) in [6.07, 6.45) is 5.02. The van der Waals surface area contributed by atoms with Crippen LogP contribution in [0.2, 0.25) is 0 Å². The number of hydrogen-bond donors (Lipinski definition) is 1. The number of aromatic nitrogens is 4. The second kappa shape index (κ2) is 14.2. The van der Waals surface area contributed by atoms with Crippen LogP contribution in [-0.4, -0.2) is 94.3 Å². The van der Waals surface area contributed by atoms with E-state index in [2.05, 4.69) is 56.2 Å². The summed E-state index contributed by atoms with van der Waals surface area (Å²) in [5, 5.41) is 15.9. The lowest BCUT2D eigenvalue weighted by atomic mass is 9.84. The predicted molar refractivity (Wildman–Crippen MR) is 169 cm³/mol. The number of piperidine rings is 2. The first-order valence-corrected chi connectivity index (χ1v) is 16.6. The number of nitrogens with one attached hydrogen (secondary N) is 1. The molecule has 2 aromatic rings. The van der Waals surface area contributed by atoms with Crippen molar-refractivity contribution in [3.05, 3.63) is 18.0 Å². The van der Waals surface area contributed by atoms with Crippen molar-refractivity contribution in [1.82, 2.24) is 30.6 Å². The number of carbonyl (C=O) groups excluding carboxylic acids is 2. The summed E-state index contributed by atoms with van der Waals surface area (Å²) in [5.74, 6) is 3.45. The van der Waals surface area contributed by atoms with Crippen molar-refractivity contribution < 1.29 is 23.6 Å². The van der Waals surface area contributed by atoms with E-state index in [9.17, 15) is 9.59 Å². The van der Waals surface area contributed by atoms with E-state index in [1.807, 2.05) is 37.8 Å². The molecule has 3 aliphatic heterocycles. The summed E-state index contributed by atoms with van der Waals surface area (Å²) in [5.41, 5.74) is -0.608. The smallest absolute Gasteiger partial charge is 0.408 e. The van der Waals surface area contributed by atoms with E-state index in [0.29, 0.717) is 62.2 Å². The molecule has 13 heteroatoms. The largest absolute Gasteiger partial charge is 0.477 e. The van der Waals surface area contributed by atoms with E-state index in [1.165, 1.54) is 0 Å². The lowest BCUT2D eigenvalue weighted by molar-refractivity contribution is -0.135. The molecule has 0 saturated carbocycles. The first-order chi connectivity index (χ1) is 21.5. The number of nitrogens with zero attached hydrogens (tertiary/aromatic N) is 7. The standard InChI is InChI=1S/C32H50N8O5/c1-21(2)29-34-30(45-37-29)38-16-12-23(13-17-38)22(3)14-18-43-27-11-10-26(35-36-27)39-19-24(33-31(42)44-32(4,5)6)25(20-39)40-15-8-7-9-28(40)41/h10-11,21-25H,7-9,12-20H2,1-6H3,(H,33,42)/t22-,24+,25-/m1/s1. The number of hydrogen-bond acceptors (Lipinski definition) is 11. The average Bonchev–Trinajstić information content (AvgIpc) is 3.65. The van der Waals surface area contributed by atoms with Gasteiger partial charge in [0.05, 0.1) is 18.7 Å². The Balaban J connectivity index is 1.10. The molecule has 3 atom stereocenters. The quantitative estimate of drug-likeness (QED) is 0.401. The van der Waals surface area contributed by atoms with Gasteiger partial charge in [-0.15, -0.1) is 10.2 Å². The zero-order valence-electron chi connectivity index (χ0n) is 27.7. The van der Waals surface area contributed by atoms with Crippen LogP contribution in [0.1, 0.15) is 91.8 Å². The number of alkyl carbamates (subject to hydrolysis) is 1. The summed E-state index contributed by atoms with van der Waals surface area (Å²) in [7, 11) is 0. The maximum absolute atomic E-state index is 12.8. The Labute approximate surface area is 266 Å². The van der Waals surface area contributed by atoms with Crippen LogP contribution in [0.5, 0.6) is 5.88 Å². The van der Waals surface area contributed by atoms with E-state index >= 15 is 0 Å². The summed E-state index contributed by atoms with van der Waals surface area (Å²) in [6, 6.07) is 3.93. The number of rotatable bonds is 10. The molecule has 2 aromatic heterocycles. The van der Waals surface area contributed by atoms with E-state index in [0.717, 1.165) is 51.0 Å². The van der Waals surface area contributed by atoms with Crippen molar-refractivity contribution in [3.63, 3.8) is 0 Å². The molecule has 3 fully saturated rings. The van der Waals surface area contributed by atoms with E-state index in [-0.39, 0.29) is 23.9 Å². The fourth-order valence-corrected chi connectivity index (χ4v) is 6.46. The molecular weight excluding hydrogens is 576 g/mol. The fourth-order valence-electron chi connectivity index (χ4n) is 6.46. The zero-order valence-corrected chi connectivity index (χ0v) is 27.7. The lowest BCUT2D eigenvalue weighted by Crippen LogP contribution is -2.54. The van der Waals surface area contributed by atoms with E-state index in [4.69, 9.17) is 14.0 Å². The summed E-state index contributed by atoms with van der Waals surface area (Å²) in [6.45, 7) is 16.1. The van der Waals surface area contributed by atoms with Crippen LogP contribution in [0, 0.1) is 11.8 Å². The highest BCUT2D eigenvalue weighted by atomic mass is 16.6. The van der Waals surface area contributed by atoms with Crippen molar-refractivity contribution in [2.75, 3.05) is 49.1 Å². The Hall–Kier alpha value is -3.64. The number of amides is 2. The molecule has 1 N–H and O–H groups in total. The Morgan fingerprint density at radius 2 is 1.84 bits per heavy atom. The molecule has 0 aromatic carbocycles. The molecule has 13 nitrogen and oxygen atoms in total. The van der Waals surface area contributed by atoms with Crippen LogP contribution in [0.3, 0.4) is 0 Å². The van der Waals surface area contributed by atoms with Crippen molar-refractivity contribution in [1.29, 1.82) is 0 Å². The highest BCUT2D eigenvalue weighted by molar-refractivity contribution is 5.78. The Bertz CT molecular complexity index is 1270. The summed E-state index contributed by atoms with van der Waals surface area (Å²) >= 11 is 0. The maximum atomic E-state index is 12.8. The topological polar surface area (TPSA) is 139 Å². The number of carbonyl (C=O) groups is 2. The van der Waals surface area contributed by atoms with Gasteiger partial charge in [0, 0.05) is 51.1 Å². The minimum Gasteiger partial charge on any atom is -0.477 e. The predicted octanol–water partition coefficient (Wildman–Crippen LogP) is 4.40. The van der Waals surface area contributed by atoms with Crippen molar-refractivity contribution >= 4 is 23.8 Å². The van der Waals surface area contributed by atoms with E-state index in [1.54, 1.807) is 0 Å². The van der Waals surface area contributed by atoms with Crippen molar-refractivity contribution in [2.24, 2.45) is 11.8 Å². The molecule has 5 heterocycles. The first kappa shape index (κ1) is 32.7. The molecule has 2 amide bonds. The van der Waals surface area contributed by atoms with Gasteiger partial charge in [-0.2, -0.15) is 4.98 Å². The molecule has 0 unspecified atom stereocenters. The van der Waals surface area contributed by atoms with Gasteiger partial charge in [-0.1, -0.05) is 25.9 Å². The molecule has 248 valence electrons. The lowest BCUT2D eigenvalue weighted by Gasteiger charge is -2.35. The monoisotopic (exact) mass is 626 g/mol. The molecule has 5 rings (SSSR count). The molecule has 0 spiro atoms. The minimum atomic E-state index is -0.608.